The largest absolute Gasteiger partial charge is 0.444 e. The molecular weight excluding hydrogens is 290 g/mol. The van der Waals surface area contributed by atoms with Gasteiger partial charge in [-0.3, -0.25) is 4.90 Å². The first kappa shape index (κ1) is 17.6. The van der Waals surface area contributed by atoms with Crippen molar-refractivity contribution in [3.05, 3.63) is 29.3 Å². The Balaban J connectivity index is 1.93. The van der Waals surface area contributed by atoms with Crippen molar-refractivity contribution in [1.29, 1.82) is 0 Å². The van der Waals surface area contributed by atoms with Crippen molar-refractivity contribution < 1.29 is 9.53 Å². The highest BCUT2D eigenvalue weighted by Crippen LogP contribution is 2.19. The number of hydrogen-bond donors (Lipinski definition) is 1. The van der Waals surface area contributed by atoms with Crippen LogP contribution in [0.2, 0.25) is 0 Å². The van der Waals surface area contributed by atoms with Crippen molar-refractivity contribution in [2.24, 2.45) is 0 Å². The number of carbonyl (C=O) groups excluding carboxylic acids is 1. The number of benzene rings is 1. The number of carbonyl (C=O) groups is 1. The highest BCUT2D eigenvalue weighted by Gasteiger charge is 2.30. The van der Waals surface area contributed by atoms with Gasteiger partial charge in [0.2, 0.25) is 0 Å². The van der Waals surface area contributed by atoms with Crippen LogP contribution in [0.15, 0.2) is 18.2 Å². The molecule has 0 bridgehead atoms. The molecule has 1 heterocycles. The van der Waals surface area contributed by atoms with Gasteiger partial charge in [0.15, 0.2) is 0 Å². The third kappa shape index (κ3) is 4.86. The molecule has 128 valence electrons. The van der Waals surface area contributed by atoms with E-state index in [1.165, 1.54) is 5.56 Å². The molecule has 1 saturated heterocycles. The molecule has 1 aromatic rings. The Labute approximate surface area is 139 Å². The maximum absolute atomic E-state index is 12.2. The summed E-state index contributed by atoms with van der Waals surface area (Å²) in [7, 11) is 0. The molecule has 0 aromatic heterocycles. The first-order valence-electron chi connectivity index (χ1n) is 8.22. The van der Waals surface area contributed by atoms with Gasteiger partial charge in [0.25, 0.3) is 0 Å². The van der Waals surface area contributed by atoms with E-state index in [0.29, 0.717) is 6.54 Å². The molecule has 1 atom stereocenters. The van der Waals surface area contributed by atoms with Crippen LogP contribution in [0.25, 0.3) is 0 Å². The van der Waals surface area contributed by atoms with Crippen LogP contribution in [-0.2, 0) is 11.3 Å². The third-order valence-corrected chi connectivity index (χ3v) is 4.09. The quantitative estimate of drug-likeness (QED) is 0.851. The summed E-state index contributed by atoms with van der Waals surface area (Å²) in [5.41, 5.74) is 8.69. The fourth-order valence-electron chi connectivity index (χ4n) is 2.81. The topological polar surface area (TPSA) is 58.8 Å². The number of aryl methyl sites for hydroxylation is 1. The Morgan fingerprint density at radius 2 is 2.04 bits per heavy atom. The molecule has 5 heteroatoms. The number of nitrogen functional groups attached to an aromatic ring is 1. The number of piperazine rings is 1. The lowest BCUT2D eigenvalue weighted by Crippen LogP contribution is -2.54. The summed E-state index contributed by atoms with van der Waals surface area (Å²) in [6.07, 6.45) is -0.218. The Hall–Kier alpha value is -1.75. The van der Waals surface area contributed by atoms with Crippen LogP contribution in [0.4, 0.5) is 10.5 Å². The van der Waals surface area contributed by atoms with Crippen LogP contribution in [0, 0.1) is 6.92 Å². The fraction of sp³-hybridized carbons (Fsp3) is 0.611. The SMILES string of the molecule is Cc1ccc(CN2CCN(C(=O)OC(C)(C)C)C(C)C2)cc1N. The van der Waals surface area contributed by atoms with Gasteiger partial charge in [-0.25, -0.2) is 4.79 Å². The fourth-order valence-corrected chi connectivity index (χ4v) is 2.81. The van der Waals surface area contributed by atoms with Crippen molar-refractivity contribution in [1.82, 2.24) is 9.80 Å². The highest BCUT2D eigenvalue weighted by atomic mass is 16.6. The minimum Gasteiger partial charge on any atom is -0.444 e. The molecule has 1 unspecified atom stereocenters. The molecule has 1 aromatic carbocycles. The molecular formula is C18H29N3O2. The summed E-state index contributed by atoms with van der Waals surface area (Å²) in [5.74, 6) is 0. The van der Waals surface area contributed by atoms with E-state index in [4.69, 9.17) is 10.5 Å². The van der Waals surface area contributed by atoms with E-state index in [9.17, 15) is 4.79 Å². The van der Waals surface area contributed by atoms with E-state index in [-0.39, 0.29) is 12.1 Å². The Bertz CT molecular complexity index is 566. The lowest BCUT2D eigenvalue weighted by Gasteiger charge is -2.40. The van der Waals surface area contributed by atoms with Gasteiger partial charge in [-0.15, -0.1) is 0 Å². The minimum absolute atomic E-state index is 0.140. The first-order valence-corrected chi connectivity index (χ1v) is 8.22. The summed E-state index contributed by atoms with van der Waals surface area (Å²) in [6.45, 7) is 13.0. The highest BCUT2D eigenvalue weighted by molar-refractivity contribution is 5.68. The van der Waals surface area contributed by atoms with Crippen LogP contribution >= 0.6 is 0 Å². The van der Waals surface area contributed by atoms with E-state index in [2.05, 4.69) is 24.0 Å². The van der Waals surface area contributed by atoms with Crippen molar-refractivity contribution in [2.45, 2.75) is 52.8 Å². The monoisotopic (exact) mass is 319 g/mol. The first-order chi connectivity index (χ1) is 10.7. The van der Waals surface area contributed by atoms with Gasteiger partial charge in [0, 0.05) is 37.9 Å². The van der Waals surface area contributed by atoms with Gasteiger partial charge in [-0.05, 0) is 51.8 Å². The number of nitrogens with two attached hydrogens (primary N) is 1. The second-order valence-corrected chi connectivity index (χ2v) is 7.45. The molecule has 0 radical (unpaired) electrons. The molecule has 1 aliphatic heterocycles. The Morgan fingerprint density at radius 1 is 1.35 bits per heavy atom. The molecule has 23 heavy (non-hydrogen) atoms. The maximum Gasteiger partial charge on any atom is 0.410 e. The van der Waals surface area contributed by atoms with Crippen molar-refractivity contribution in [3.63, 3.8) is 0 Å². The maximum atomic E-state index is 12.2. The van der Waals surface area contributed by atoms with Crippen LogP contribution < -0.4 is 5.73 Å². The molecule has 0 spiro atoms. The number of anilines is 1. The van der Waals surface area contributed by atoms with E-state index >= 15 is 0 Å². The molecule has 1 aliphatic rings. The molecule has 0 aliphatic carbocycles. The van der Waals surface area contributed by atoms with Crippen molar-refractivity contribution in [3.8, 4) is 0 Å². The van der Waals surface area contributed by atoms with Gasteiger partial charge in [-0.2, -0.15) is 0 Å². The summed E-state index contributed by atoms with van der Waals surface area (Å²) >= 11 is 0. The van der Waals surface area contributed by atoms with Crippen LogP contribution in [0.1, 0.15) is 38.8 Å². The van der Waals surface area contributed by atoms with Crippen LogP contribution in [0.5, 0.6) is 0 Å². The van der Waals surface area contributed by atoms with Crippen molar-refractivity contribution in [2.75, 3.05) is 25.4 Å². The standard InChI is InChI=1S/C18H29N3O2/c1-13-6-7-15(10-16(13)19)12-20-8-9-21(14(2)11-20)17(22)23-18(3,4)5/h6-7,10,14H,8-9,11-12,19H2,1-5H3. The second kappa shape index (κ2) is 6.79. The van der Waals surface area contributed by atoms with E-state index in [1.54, 1.807) is 0 Å². The zero-order valence-corrected chi connectivity index (χ0v) is 14.9. The average molecular weight is 319 g/mol. The van der Waals surface area contributed by atoms with Gasteiger partial charge in [-0.1, -0.05) is 12.1 Å². The Kier molecular flexibility index (Phi) is 5.19. The number of hydrogen-bond acceptors (Lipinski definition) is 4. The number of amides is 1. The summed E-state index contributed by atoms with van der Waals surface area (Å²) < 4.78 is 5.48. The minimum atomic E-state index is -0.451. The van der Waals surface area contributed by atoms with Gasteiger partial charge < -0.3 is 15.4 Å². The molecule has 5 nitrogen and oxygen atoms in total. The van der Waals surface area contributed by atoms with Gasteiger partial charge >= 0.3 is 6.09 Å². The van der Waals surface area contributed by atoms with E-state index in [0.717, 1.165) is 30.9 Å². The van der Waals surface area contributed by atoms with Gasteiger partial charge in [0.05, 0.1) is 0 Å². The lowest BCUT2D eigenvalue weighted by molar-refractivity contribution is 0.000565. The lowest BCUT2D eigenvalue weighted by atomic mass is 10.1. The predicted octanol–water partition coefficient (Wildman–Crippen LogP) is 3.02. The molecule has 1 amide bonds. The smallest absolute Gasteiger partial charge is 0.410 e. The number of ether oxygens (including phenoxy) is 1. The summed E-state index contributed by atoms with van der Waals surface area (Å²) in [6, 6.07) is 6.36. The Morgan fingerprint density at radius 3 is 2.61 bits per heavy atom. The van der Waals surface area contributed by atoms with Gasteiger partial charge in [0.1, 0.15) is 5.60 Å². The molecule has 2 rings (SSSR count). The third-order valence-electron chi connectivity index (χ3n) is 4.09. The van der Waals surface area contributed by atoms with E-state index in [1.807, 2.05) is 38.7 Å². The zero-order chi connectivity index (χ0) is 17.2. The molecule has 0 saturated carbocycles. The number of rotatable bonds is 2. The van der Waals surface area contributed by atoms with Crippen molar-refractivity contribution >= 4 is 11.8 Å². The average Bonchev–Trinajstić information content (AvgIpc) is 2.41. The van der Waals surface area contributed by atoms with Crippen LogP contribution in [-0.4, -0.2) is 47.2 Å². The summed E-state index contributed by atoms with van der Waals surface area (Å²) in [4.78, 5) is 16.4. The molecule has 2 N–H and O–H groups in total. The van der Waals surface area contributed by atoms with E-state index < -0.39 is 5.60 Å². The predicted molar refractivity (Wildman–Crippen MR) is 93.3 cm³/mol. The second-order valence-electron chi connectivity index (χ2n) is 7.45. The number of nitrogens with zero attached hydrogens (tertiary/aromatic N) is 2. The zero-order valence-electron chi connectivity index (χ0n) is 14.9. The molecule has 1 fully saturated rings. The normalized spacial score (nSPS) is 19.7. The van der Waals surface area contributed by atoms with Crippen LogP contribution in [0.3, 0.4) is 0 Å². The summed E-state index contributed by atoms with van der Waals surface area (Å²) in [5, 5.41) is 0.